The summed E-state index contributed by atoms with van der Waals surface area (Å²) >= 11 is 12.6. The van der Waals surface area contributed by atoms with Gasteiger partial charge in [0.05, 0.1) is 0 Å². The van der Waals surface area contributed by atoms with Crippen molar-refractivity contribution in [2.75, 3.05) is 5.52 Å². The summed E-state index contributed by atoms with van der Waals surface area (Å²) < 4.78 is 14.3. The molecule has 0 aromatic rings. The molecule has 7 heavy (non-hydrogen) atoms. The molecule has 0 aliphatic heterocycles. The van der Waals surface area contributed by atoms with E-state index in [9.17, 15) is 4.57 Å². The fourth-order valence-corrected chi connectivity index (χ4v) is 2.04. The van der Waals surface area contributed by atoms with E-state index in [0.717, 1.165) is 0 Å². The van der Waals surface area contributed by atoms with Gasteiger partial charge in [0.15, 0.2) is 0 Å². The van der Waals surface area contributed by atoms with Crippen molar-refractivity contribution < 1.29 is 9.09 Å². The standard InChI is InChI=1S/CH2BrCl2O2P/c2-1-6-7(3,4)5/h1H2. The molecule has 0 fully saturated rings. The predicted octanol–water partition coefficient (Wildman–Crippen LogP) is 2.94. The van der Waals surface area contributed by atoms with E-state index in [1.165, 1.54) is 0 Å². The van der Waals surface area contributed by atoms with Crippen LogP contribution in [0.4, 0.5) is 0 Å². The predicted molar refractivity (Wildman–Crippen MR) is 34.2 cm³/mol. The van der Waals surface area contributed by atoms with Gasteiger partial charge in [-0.15, -0.1) is 0 Å². The molecular weight excluding hydrogens is 226 g/mol. The molecule has 0 amide bonds. The zero-order valence-corrected chi connectivity index (χ0v) is 7.10. The monoisotopic (exact) mass is 226 g/mol. The molecule has 2 nitrogen and oxygen atoms in total. The fourth-order valence-electron chi connectivity index (χ4n) is 0.0568. The topological polar surface area (TPSA) is 26.3 Å². The summed E-state index contributed by atoms with van der Waals surface area (Å²) in [4.78, 5) is 0. The molecule has 0 aliphatic rings. The summed E-state index contributed by atoms with van der Waals surface area (Å²) in [6.07, 6.45) is -3.27. The summed E-state index contributed by atoms with van der Waals surface area (Å²) in [5, 5.41) is 0. The van der Waals surface area contributed by atoms with E-state index in [4.69, 9.17) is 22.5 Å². The smallest absolute Gasteiger partial charge is 0.295 e. The highest BCUT2D eigenvalue weighted by Crippen LogP contribution is 2.57. The first-order chi connectivity index (χ1) is 3.06. The molecule has 0 bridgehead atoms. The fraction of sp³-hybridized carbons (Fsp3) is 1.00. The van der Waals surface area contributed by atoms with Crippen LogP contribution < -0.4 is 0 Å². The normalized spacial score (nSPS) is 11.9. The van der Waals surface area contributed by atoms with Crippen molar-refractivity contribution in [2.24, 2.45) is 0 Å². The van der Waals surface area contributed by atoms with Gasteiger partial charge in [-0.05, 0) is 22.5 Å². The largest absolute Gasteiger partial charge is 0.380 e. The number of alkyl halides is 1. The Morgan fingerprint density at radius 2 is 2.14 bits per heavy atom. The van der Waals surface area contributed by atoms with E-state index in [-0.39, 0.29) is 5.52 Å². The summed E-state index contributed by atoms with van der Waals surface area (Å²) in [5.41, 5.74) is 0.0945. The highest BCUT2D eigenvalue weighted by Gasteiger charge is 2.11. The van der Waals surface area contributed by atoms with Gasteiger partial charge >= 0.3 is 6.07 Å². The Labute approximate surface area is 59.3 Å². The van der Waals surface area contributed by atoms with Crippen LogP contribution in [0.5, 0.6) is 0 Å². The van der Waals surface area contributed by atoms with Crippen molar-refractivity contribution in [3.63, 3.8) is 0 Å². The zero-order chi connectivity index (χ0) is 5.91. The third-order valence-electron chi connectivity index (χ3n) is 0.199. The molecule has 0 spiro atoms. The van der Waals surface area contributed by atoms with E-state index in [1.54, 1.807) is 0 Å². The average Bonchev–Trinajstić information content (AvgIpc) is 1.30. The van der Waals surface area contributed by atoms with Crippen LogP contribution >= 0.6 is 44.5 Å². The Morgan fingerprint density at radius 1 is 1.71 bits per heavy atom. The molecule has 0 unspecified atom stereocenters. The quantitative estimate of drug-likeness (QED) is 0.536. The van der Waals surface area contributed by atoms with E-state index in [0.29, 0.717) is 0 Å². The Hall–Kier alpha value is 1.25. The number of halogens is 3. The van der Waals surface area contributed by atoms with Crippen LogP contribution in [-0.2, 0) is 9.09 Å². The summed E-state index contributed by atoms with van der Waals surface area (Å²) in [5.74, 6) is 0. The molecule has 0 saturated carbocycles. The molecule has 0 radical (unpaired) electrons. The molecule has 0 saturated heterocycles. The zero-order valence-electron chi connectivity index (χ0n) is 3.10. The van der Waals surface area contributed by atoms with Gasteiger partial charge in [0, 0.05) is 0 Å². The van der Waals surface area contributed by atoms with Crippen molar-refractivity contribution >= 4 is 44.5 Å². The van der Waals surface area contributed by atoms with E-state index < -0.39 is 6.07 Å². The minimum absolute atomic E-state index is 0.0945. The average molecular weight is 228 g/mol. The highest BCUT2D eigenvalue weighted by atomic mass is 79.9. The van der Waals surface area contributed by atoms with Crippen LogP contribution in [0, 0.1) is 0 Å². The third-order valence-corrected chi connectivity index (χ3v) is 1.80. The first-order valence-electron chi connectivity index (χ1n) is 1.26. The molecule has 6 heteroatoms. The minimum Gasteiger partial charge on any atom is -0.295 e. The summed E-state index contributed by atoms with van der Waals surface area (Å²) in [7, 11) is 0. The Bertz CT molecular complexity index is 89.7. The lowest BCUT2D eigenvalue weighted by atomic mass is 11.8. The molecular formula is CH2BrCl2O2P. The third kappa shape index (κ3) is 7.25. The number of hydrogen-bond donors (Lipinski definition) is 0. The van der Waals surface area contributed by atoms with E-state index in [2.05, 4.69) is 20.5 Å². The molecule has 0 rings (SSSR count). The Morgan fingerprint density at radius 3 is 2.14 bits per heavy atom. The molecule has 44 valence electrons. The van der Waals surface area contributed by atoms with Gasteiger partial charge in [-0.1, -0.05) is 15.9 Å². The van der Waals surface area contributed by atoms with Gasteiger partial charge in [0.25, 0.3) is 0 Å². The van der Waals surface area contributed by atoms with Crippen LogP contribution in [0.15, 0.2) is 0 Å². The van der Waals surface area contributed by atoms with Gasteiger partial charge in [-0.3, -0.25) is 9.09 Å². The van der Waals surface area contributed by atoms with Gasteiger partial charge in [0.2, 0.25) is 0 Å². The van der Waals surface area contributed by atoms with Crippen molar-refractivity contribution in [2.45, 2.75) is 0 Å². The van der Waals surface area contributed by atoms with Crippen molar-refractivity contribution in [1.82, 2.24) is 0 Å². The first kappa shape index (κ1) is 8.25. The molecule has 0 aromatic carbocycles. The highest BCUT2D eigenvalue weighted by molar-refractivity contribution is 9.09. The molecule has 0 atom stereocenters. The number of rotatable bonds is 2. The van der Waals surface area contributed by atoms with Crippen LogP contribution in [0.2, 0.25) is 0 Å². The van der Waals surface area contributed by atoms with Crippen molar-refractivity contribution in [1.29, 1.82) is 0 Å². The van der Waals surface area contributed by atoms with E-state index in [1.807, 2.05) is 0 Å². The maximum absolute atomic E-state index is 10.1. The van der Waals surface area contributed by atoms with Gasteiger partial charge in [-0.2, -0.15) is 0 Å². The van der Waals surface area contributed by atoms with Gasteiger partial charge in [-0.25, -0.2) is 0 Å². The second-order valence-corrected chi connectivity index (χ2v) is 5.39. The molecule has 0 aliphatic carbocycles. The van der Waals surface area contributed by atoms with Gasteiger partial charge < -0.3 is 0 Å². The van der Waals surface area contributed by atoms with Gasteiger partial charge in [0.1, 0.15) is 5.52 Å². The Balaban J connectivity index is 3.36. The summed E-state index contributed by atoms with van der Waals surface area (Å²) in [6.45, 7) is 0. The van der Waals surface area contributed by atoms with Crippen LogP contribution in [0.25, 0.3) is 0 Å². The van der Waals surface area contributed by atoms with Crippen LogP contribution in [0.1, 0.15) is 0 Å². The summed E-state index contributed by atoms with van der Waals surface area (Å²) in [6, 6.07) is 0. The van der Waals surface area contributed by atoms with Crippen LogP contribution in [-0.4, -0.2) is 5.52 Å². The van der Waals surface area contributed by atoms with Crippen LogP contribution in [0.3, 0.4) is 0 Å². The number of hydrogen-bond acceptors (Lipinski definition) is 2. The first-order valence-corrected chi connectivity index (χ1v) is 5.82. The lowest BCUT2D eigenvalue weighted by Crippen LogP contribution is -1.69. The minimum atomic E-state index is -3.27. The second kappa shape index (κ2) is 3.31. The molecule has 0 heterocycles. The molecule has 0 aromatic heterocycles. The second-order valence-electron chi connectivity index (χ2n) is 0.653. The SMILES string of the molecule is O=P(Cl)(Cl)OCBr. The maximum atomic E-state index is 10.1. The lowest BCUT2D eigenvalue weighted by molar-refractivity contribution is 0.408. The Kier molecular flexibility index (Phi) is 3.90. The van der Waals surface area contributed by atoms with Crippen molar-refractivity contribution in [3.8, 4) is 0 Å². The molecule has 0 N–H and O–H groups in total. The maximum Gasteiger partial charge on any atom is 0.380 e. The van der Waals surface area contributed by atoms with E-state index >= 15 is 0 Å². The lowest BCUT2D eigenvalue weighted by Gasteiger charge is -1.95. The van der Waals surface area contributed by atoms with Crippen molar-refractivity contribution in [3.05, 3.63) is 0 Å².